The van der Waals surface area contributed by atoms with Gasteiger partial charge in [-0.2, -0.15) is 0 Å². The minimum atomic E-state index is -3.75. The highest BCUT2D eigenvalue weighted by atomic mass is 35.5. The molecule has 1 N–H and O–H groups in total. The lowest BCUT2D eigenvalue weighted by Crippen LogP contribution is -2.27. The van der Waals surface area contributed by atoms with Gasteiger partial charge in [0.2, 0.25) is 0 Å². The van der Waals surface area contributed by atoms with Gasteiger partial charge in [0, 0.05) is 13.2 Å². The molecule has 7 heteroatoms. The highest BCUT2D eigenvalue weighted by Crippen LogP contribution is 2.21. The fourth-order valence-electron chi connectivity index (χ4n) is 1.52. The normalized spacial score (nSPS) is 11.3. The number of aromatic nitrogens is 1. The van der Waals surface area contributed by atoms with Crippen molar-refractivity contribution in [2.45, 2.75) is 4.90 Å². The Morgan fingerprint density at radius 2 is 1.84 bits per heavy atom. The first-order valence-electron chi connectivity index (χ1n) is 5.35. The van der Waals surface area contributed by atoms with Crippen molar-refractivity contribution in [3.8, 4) is 0 Å². The molecule has 0 spiro atoms. The van der Waals surface area contributed by atoms with Crippen LogP contribution in [0.2, 0.25) is 5.02 Å². The van der Waals surface area contributed by atoms with E-state index in [1.165, 1.54) is 7.05 Å². The van der Waals surface area contributed by atoms with Gasteiger partial charge in [-0.15, -0.1) is 0 Å². The van der Waals surface area contributed by atoms with Crippen molar-refractivity contribution in [2.75, 3.05) is 11.4 Å². The smallest absolute Gasteiger partial charge is 0.266 e. The van der Waals surface area contributed by atoms with Gasteiger partial charge in [-0.05, 0) is 18.2 Å². The van der Waals surface area contributed by atoms with Crippen LogP contribution in [0.25, 0.3) is 0 Å². The lowest BCUT2D eigenvalue weighted by atomic mass is 10.3. The van der Waals surface area contributed by atoms with Gasteiger partial charge in [0.1, 0.15) is 9.92 Å². The summed E-state index contributed by atoms with van der Waals surface area (Å²) >= 11 is 5.64. The number of benzene rings is 1. The maximum atomic E-state index is 12.3. The molecule has 0 radical (unpaired) electrons. The van der Waals surface area contributed by atoms with E-state index >= 15 is 0 Å². The predicted molar refractivity (Wildman–Crippen MR) is 74.1 cm³/mol. The van der Waals surface area contributed by atoms with Gasteiger partial charge < -0.3 is 4.98 Å². The van der Waals surface area contributed by atoms with Crippen LogP contribution in [-0.2, 0) is 10.0 Å². The zero-order valence-electron chi connectivity index (χ0n) is 10.00. The van der Waals surface area contributed by atoms with Gasteiger partial charge in [-0.25, -0.2) is 8.42 Å². The molecule has 0 unspecified atom stereocenters. The molecule has 0 amide bonds. The molecule has 2 aromatic rings. The molecule has 1 aromatic heterocycles. The number of aromatic amines is 1. The van der Waals surface area contributed by atoms with Crippen molar-refractivity contribution in [1.82, 2.24) is 4.98 Å². The first-order chi connectivity index (χ1) is 8.93. The minimum Gasteiger partial charge on any atom is -0.326 e. The van der Waals surface area contributed by atoms with E-state index in [9.17, 15) is 13.2 Å². The molecule has 0 aliphatic carbocycles. The van der Waals surface area contributed by atoms with Crippen molar-refractivity contribution in [3.63, 3.8) is 0 Å². The van der Waals surface area contributed by atoms with Gasteiger partial charge in [-0.1, -0.05) is 29.8 Å². The van der Waals surface area contributed by atoms with Crippen LogP contribution in [0, 0.1) is 0 Å². The molecule has 0 fully saturated rings. The number of hydrogen-bond acceptors (Lipinski definition) is 3. The van der Waals surface area contributed by atoms with Crippen LogP contribution in [0.1, 0.15) is 0 Å². The molecule has 0 bridgehead atoms. The first kappa shape index (κ1) is 13.6. The molecule has 0 aliphatic heterocycles. The lowest BCUT2D eigenvalue weighted by molar-refractivity contribution is 0.594. The zero-order valence-corrected chi connectivity index (χ0v) is 11.6. The van der Waals surface area contributed by atoms with Crippen LogP contribution in [0.4, 0.5) is 5.69 Å². The summed E-state index contributed by atoms with van der Waals surface area (Å²) in [5.74, 6) is 0. The zero-order chi connectivity index (χ0) is 14.0. The highest BCUT2D eigenvalue weighted by molar-refractivity contribution is 7.92. The highest BCUT2D eigenvalue weighted by Gasteiger charge is 2.22. The van der Waals surface area contributed by atoms with Crippen LogP contribution < -0.4 is 9.86 Å². The average molecular weight is 299 g/mol. The summed E-state index contributed by atoms with van der Waals surface area (Å²) in [5, 5.41) is -0.164. The number of hydrogen-bond donors (Lipinski definition) is 1. The quantitative estimate of drug-likeness (QED) is 0.940. The molecule has 5 nitrogen and oxygen atoms in total. The van der Waals surface area contributed by atoms with Crippen LogP contribution in [-0.4, -0.2) is 20.4 Å². The molecule has 19 heavy (non-hydrogen) atoms. The Hall–Kier alpha value is -1.79. The average Bonchev–Trinajstić information content (AvgIpc) is 2.41. The number of sulfonamides is 1. The second-order valence-corrected chi connectivity index (χ2v) is 6.20. The predicted octanol–water partition coefficient (Wildman–Crippen LogP) is 1.85. The van der Waals surface area contributed by atoms with E-state index in [0.717, 1.165) is 16.6 Å². The van der Waals surface area contributed by atoms with E-state index < -0.39 is 15.6 Å². The molecule has 1 aromatic carbocycles. The summed E-state index contributed by atoms with van der Waals surface area (Å²) in [6, 6.07) is 9.74. The second kappa shape index (κ2) is 5.07. The van der Waals surface area contributed by atoms with Gasteiger partial charge in [-0.3, -0.25) is 9.10 Å². The first-order valence-corrected chi connectivity index (χ1v) is 7.17. The van der Waals surface area contributed by atoms with Crippen LogP contribution in [0.5, 0.6) is 0 Å². The Labute approximate surface area is 115 Å². The fourth-order valence-corrected chi connectivity index (χ4v) is 2.95. The molecular formula is C12H11ClN2O3S. The van der Waals surface area contributed by atoms with Gasteiger partial charge in [0.05, 0.1) is 5.69 Å². The second-order valence-electron chi connectivity index (χ2n) is 3.82. The summed E-state index contributed by atoms with van der Waals surface area (Å²) in [5.41, 5.74) is -0.00666. The maximum Gasteiger partial charge on any atom is 0.266 e. The number of rotatable bonds is 3. The van der Waals surface area contributed by atoms with Gasteiger partial charge in [0.15, 0.2) is 0 Å². The number of H-pyrrole nitrogens is 1. The monoisotopic (exact) mass is 298 g/mol. The SMILES string of the molecule is CN(c1ccccc1)S(=O)(=O)c1c[nH]c(=O)c(Cl)c1. The summed E-state index contributed by atoms with van der Waals surface area (Å²) in [6.07, 6.45) is 1.13. The third kappa shape index (κ3) is 2.64. The summed E-state index contributed by atoms with van der Waals surface area (Å²) in [7, 11) is -2.32. The van der Waals surface area contributed by atoms with Crippen molar-refractivity contribution < 1.29 is 8.42 Å². The Morgan fingerprint density at radius 3 is 2.42 bits per heavy atom. The Kier molecular flexibility index (Phi) is 3.64. The van der Waals surface area contributed by atoms with E-state index in [1.54, 1.807) is 30.3 Å². The standard InChI is InChI=1S/C12H11ClN2O3S/c1-15(9-5-3-2-4-6-9)19(17,18)10-7-11(13)12(16)14-8-10/h2-8H,1H3,(H,14,16). The molecule has 1 heterocycles. The van der Waals surface area contributed by atoms with E-state index in [2.05, 4.69) is 4.98 Å². The van der Waals surface area contributed by atoms with Crippen molar-refractivity contribution in [1.29, 1.82) is 0 Å². The minimum absolute atomic E-state index is 0.0662. The fraction of sp³-hybridized carbons (Fsp3) is 0.0833. The van der Waals surface area contributed by atoms with Crippen molar-refractivity contribution in [3.05, 3.63) is 58.0 Å². The molecule has 0 aliphatic rings. The topological polar surface area (TPSA) is 70.2 Å². The Morgan fingerprint density at radius 1 is 1.21 bits per heavy atom. The van der Waals surface area contributed by atoms with E-state index in [4.69, 9.17) is 11.6 Å². The summed E-state index contributed by atoms with van der Waals surface area (Å²) in [6.45, 7) is 0. The van der Waals surface area contributed by atoms with Gasteiger partial charge >= 0.3 is 0 Å². The number of nitrogens with zero attached hydrogens (tertiary/aromatic N) is 1. The summed E-state index contributed by atoms with van der Waals surface area (Å²) < 4.78 is 25.8. The molecule has 2 rings (SSSR count). The van der Waals surface area contributed by atoms with Crippen molar-refractivity contribution >= 4 is 27.3 Å². The molecular weight excluding hydrogens is 288 g/mol. The van der Waals surface area contributed by atoms with E-state index in [1.807, 2.05) is 0 Å². The molecule has 100 valence electrons. The number of nitrogens with one attached hydrogen (secondary N) is 1. The molecule has 0 saturated carbocycles. The number of pyridine rings is 1. The molecule has 0 saturated heterocycles. The Bertz CT molecular complexity index is 741. The maximum absolute atomic E-state index is 12.3. The van der Waals surface area contributed by atoms with Crippen LogP contribution in [0.3, 0.4) is 0 Å². The number of halogens is 1. The number of anilines is 1. The van der Waals surface area contributed by atoms with Gasteiger partial charge in [0.25, 0.3) is 15.6 Å². The molecule has 0 atom stereocenters. The lowest BCUT2D eigenvalue weighted by Gasteiger charge is -2.19. The largest absolute Gasteiger partial charge is 0.326 e. The van der Waals surface area contributed by atoms with Crippen LogP contribution >= 0.6 is 11.6 Å². The number of para-hydroxylation sites is 1. The van der Waals surface area contributed by atoms with Crippen molar-refractivity contribution in [2.24, 2.45) is 0 Å². The summed E-state index contributed by atoms with van der Waals surface area (Å²) in [4.78, 5) is 13.4. The van der Waals surface area contributed by atoms with Crippen LogP contribution in [0.15, 0.2) is 52.3 Å². The third-order valence-electron chi connectivity index (χ3n) is 2.61. The van der Waals surface area contributed by atoms with E-state index in [-0.39, 0.29) is 9.92 Å². The van der Waals surface area contributed by atoms with E-state index in [0.29, 0.717) is 5.69 Å². The third-order valence-corrected chi connectivity index (χ3v) is 4.65. The Balaban J connectivity index is 2.48.